The molecule has 0 saturated carbocycles. The van der Waals surface area contributed by atoms with Crippen LogP contribution in [0.2, 0.25) is 0 Å². The van der Waals surface area contributed by atoms with Crippen LogP contribution in [0.25, 0.3) is 87.6 Å². The number of hydrogen-bond donors (Lipinski definition) is 0. The summed E-state index contributed by atoms with van der Waals surface area (Å²) in [5.74, 6) is 0. The predicted molar refractivity (Wildman–Crippen MR) is 198 cm³/mol. The molecule has 0 spiro atoms. The Morgan fingerprint density at radius 1 is 0.304 bits per heavy atom. The third-order valence-corrected chi connectivity index (χ3v) is 8.90. The molecule has 9 rings (SSSR count). The highest BCUT2D eigenvalue weighted by Crippen LogP contribution is 2.47. The maximum Gasteiger partial charge on any atom is 0.0636 e. The quantitative estimate of drug-likeness (QED) is 0.179. The zero-order chi connectivity index (χ0) is 36.5. The molecule has 46 heavy (non-hydrogen) atoms. The van der Waals surface area contributed by atoms with Crippen LogP contribution in [0.15, 0.2) is 182 Å². The molecule has 0 aliphatic carbocycles. The van der Waals surface area contributed by atoms with Gasteiger partial charge in [0.05, 0.1) is 9.60 Å². The third-order valence-electron chi connectivity index (χ3n) is 8.90. The second kappa shape index (κ2) is 10.9. The molecule has 9 aromatic rings. The van der Waals surface area contributed by atoms with Gasteiger partial charge in [0.1, 0.15) is 0 Å². The summed E-state index contributed by atoms with van der Waals surface area (Å²) in [4.78, 5) is 0. The fourth-order valence-corrected chi connectivity index (χ4v) is 6.85. The first kappa shape index (κ1) is 20.1. The second-order valence-electron chi connectivity index (χ2n) is 11.5. The molecule has 0 bridgehead atoms. The van der Waals surface area contributed by atoms with E-state index >= 15 is 0 Å². The van der Waals surface area contributed by atoms with Crippen LogP contribution >= 0.6 is 0 Å². The average Bonchev–Trinajstić information content (AvgIpc) is 3.20. The second-order valence-corrected chi connectivity index (χ2v) is 11.5. The van der Waals surface area contributed by atoms with Gasteiger partial charge in [-0.1, -0.05) is 176 Å². The van der Waals surface area contributed by atoms with Crippen LogP contribution in [0, 0.1) is 0 Å². The van der Waals surface area contributed by atoms with E-state index in [-0.39, 0.29) is 53.1 Å². The highest BCUT2D eigenvalue weighted by atomic mass is 14.2. The third kappa shape index (κ3) is 4.23. The molecule has 0 nitrogen and oxygen atoms in total. The van der Waals surface area contributed by atoms with Crippen LogP contribution in [0.4, 0.5) is 0 Å². The van der Waals surface area contributed by atoms with E-state index < -0.39 is 0 Å². The predicted octanol–water partition coefficient (Wildman–Crippen LogP) is 13.0. The van der Waals surface area contributed by atoms with E-state index in [4.69, 9.17) is 2.74 Å². The van der Waals surface area contributed by atoms with Gasteiger partial charge < -0.3 is 0 Å². The summed E-state index contributed by atoms with van der Waals surface area (Å²) in [6, 6.07) is 43.4. The molecule has 9 aromatic carbocycles. The van der Waals surface area contributed by atoms with Crippen molar-refractivity contribution in [3.8, 4) is 44.5 Å². The van der Waals surface area contributed by atoms with Gasteiger partial charge in [-0.05, 0) is 93.6 Å². The van der Waals surface area contributed by atoms with Crippen molar-refractivity contribution in [2.45, 2.75) is 0 Å². The Morgan fingerprint density at radius 3 is 1.57 bits per heavy atom. The van der Waals surface area contributed by atoms with Gasteiger partial charge in [-0.15, -0.1) is 0 Å². The van der Waals surface area contributed by atoms with Gasteiger partial charge in [-0.3, -0.25) is 0 Å². The molecule has 0 aliphatic heterocycles. The van der Waals surface area contributed by atoms with E-state index in [9.17, 15) is 6.85 Å². The maximum atomic E-state index is 10.2. The molecule has 0 aromatic heterocycles. The van der Waals surface area contributed by atoms with Crippen molar-refractivity contribution in [3.05, 3.63) is 182 Å². The molecule has 0 fully saturated rings. The van der Waals surface area contributed by atoms with Gasteiger partial charge in [0.2, 0.25) is 0 Å². The van der Waals surface area contributed by atoms with E-state index in [1.807, 2.05) is 127 Å². The fraction of sp³-hybridized carbons (Fsp3) is 0. The van der Waals surface area contributed by atoms with Crippen molar-refractivity contribution >= 4 is 43.1 Å². The minimum atomic E-state index is -0.381. The first-order valence-corrected chi connectivity index (χ1v) is 15.4. The average molecular weight is 590 g/mol. The van der Waals surface area contributed by atoms with E-state index in [2.05, 4.69) is 12.1 Å². The first-order chi connectivity index (χ1) is 25.8. The number of fused-ring (bicyclic) bond motifs is 4. The summed E-state index contributed by atoms with van der Waals surface area (Å²) < 4.78 is 65.9. The Bertz CT molecular complexity index is 2950. The molecule has 0 atom stereocenters. The Hall–Kier alpha value is -5.98. The van der Waals surface area contributed by atoms with Gasteiger partial charge in [0.15, 0.2) is 0 Å². The molecule has 0 radical (unpaired) electrons. The number of benzene rings is 9. The SMILES string of the molecule is [2H]c1c([2H])c([2H])c2c(-c3cccc4ccccc34)c3c([2H])c(-c4ccc(-c5ccccc5)c5ccccc45)c([2H])c([2H])c3c(-c3ccccc3)c2c1[2H]. The largest absolute Gasteiger partial charge is 0.0636 e. The summed E-state index contributed by atoms with van der Waals surface area (Å²) >= 11 is 0. The zero-order valence-electron chi connectivity index (χ0n) is 31.8. The van der Waals surface area contributed by atoms with Crippen LogP contribution in [-0.4, -0.2) is 0 Å². The van der Waals surface area contributed by atoms with E-state index in [0.717, 1.165) is 32.7 Å². The van der Waals surface area contributed by atoms with Crippen LogP contribution in [-0.2, 0) is 0 Å². The van der Waals surface area contributed by atoms with Crippen molar-refractivity contribution in [2.24, 2.45) is 0 Å². The van der Waals surface area contributed by atoms with Crippen molar-refractivity contribution in [3.63, 3.8) is 0 Å². The van der Waals surface area contributed by atoms with Gasteiger partial charge in [0.25, 0.3) is 0 Å². The normalized spacial score (nSPS) is 13.6. The van der Waals surface area contributed by atoms with Gasteiger partial charge in [0, 0.05) is 0 Å². The molecule has 214 valence electrons. The summed E-state index contributed by atoms with van der Waals surface area (Å²) in [6.45, 7) is 0. The smallest absolute Gasteiger partial charge is 0.0622 e. The van der Waals surface area contributed by atoms with E-state index in [1.165, 1.54) is 0 Å². The lowest BCUT2D eigenvalue weighted by Crippen LogP contribution is -1.93. The summed E-state index contributed by atoms with van der Waals surface area (Å²) in [5.41, 5.74) is 5.17. The van der Waals surface area contributed by atoms with Crippen molar-refractivity contribution < 1.29 is 9.60 Å². The van der Waals surface area contributed by atoms with E-state index in [1.54, 1.807) is 0 Å². The van der Waals surface area contributed by atoms with E-state index in [0.29, 0.717) is 44.2 Å². The number of rotatable bonds is 4. The number of hydrogen-bond acceptors (Lipinski definition) is 0. The Labute approximate surface area is 278 Å². The topological polar surface area (TPSA) is 0 Å². The molecular formula is C46H30. The molecule has 0 saturated heterocycles. The Morgan fingerprint density at radius 2 is 0.848 bits per heavy atom. The van der Waals surface area contributed by atoms with Gasteiger partial charge >= 0.3 is 0 Å². The molecule has 0 heterocycles. The lowest BCUT2D eigenvalue weighted by Gasteiger charge is -2.20. The lowest BCUT2D eigenvalue weighted by atomic mass is 9.83. The van der Waals surface area contributed by atoms with Gasteiger partial charge in [-0.2, -0.15) is 0 Å². The fourth-order valence-electron chi connectivity index (χ4n) is 6.85. The minimum absolute atomic E-state index is 0.0213. The van der Waals surface area contributed by atoms with Crippen LogP contribution < -0.4 is 0 Å². The van der Waals surface area contributed by atoms with Crippen molar-refractivity contribution in [2.75, 3.05) is 0 Å². The molecule has 0 unspecified atom stereocenters. The highest BCUT2D eigenvalue weighted by molar-refractivity contribution is 6.24. The lowest BCUT2D eigenvalue weighted by molar-refractivity contribution is 1.63. The maximum absolute atomic E-state index is 10.2. The standard InChI is InChI=1S/C46H30/c1-3-14-31(15-4-1)36-28-29-37(39-22-10-9-21-38(36)39)34-26-27-43-44(30-34)46(40-25-13-19-32-16-7-8-20-35(32)40)42-24-12-11-23-41(42)45(43)33-17-5-2-6-18-33/h1-30H/i11D,12D,23D,24D,26D,27D,30D. The zero-order valence-corrected chi connectivity index (χ0v) is 24.8. The van der Waals surface area contributed by atoms with Crippen LogP contribution in [0.5, 0.6) is 0 Å². The summed E-state index contributed by atoms with van der Waals surface area (Å²) in [7, 11) is 0. The molecule has 0 aliphatic rings. The molecule has 0 heteroatoms. The van der Waals surface area contributed by atoms with Crippen molar-refractivity contribution in [1.82, 2.24) is 0 Å². The molecule has 0 amide bonds. The highest BCUT2D eigenvalue weighted by Gasteiger charge is 2.19. The van der Waals surface area contributed by atoms with Crippen LogP contribution in [0.3, 0.4) is 0 Å². The van der Waals surface area contributed by atoms with Gasteiger partial charge in [-0.25, -0.2) is 0 Å². The summed E-state index contributed by atoms with van der Waals surface area (Å²) in [6.07, 6.45) is 0. The van der Waals surface area contributed by atoms with Crippen LogP contribution in [0.1, 0.15) is 9.60 Å². The van der Waals surface area contributed by atoms with Crippen molar-refractivity contribution in [1.29, 1.82) is 0 Å². The first-order valence-electron chi connectivity index (χ1n) is 18.9. The Balaban J connectivity index is 1.55. The monoisotopic (exact) mass is 589 g/mol. The minimum Gasteiger partial charge on any atom is -0.0622 e. The Kier molecular flexibility index (Phi) is 4.76. The molecular weight excluding hydrogens is 553 g/mol. The molecule has 0 N–H and O–H groups in total. The summed E-state index contributed by atoms with van der Waals surface area (Å²) in [5, 5.41) is 4.77.